The second kappa shape index (κ2) is 5.40. The molecule has 1 N–H and O–H groups in total. The third-order valence-corrected chi connectivity index (χ3v) is 5.94. The van der Waals surface area contributed by atoms with Gasteiger partial charge in [0.1, 0.15) is 4.90 Å². The minimum atomic E-state index is -3.59. The summed E-state index contributed by atoms with van der Waals surface area (Å²) in [5.41, 5.74) is 0.538. The van der Waals surface area contributed by atoms with Gasteiger partial charge in [0.25, 0.3) is 0 Å². The Labute approximate surface area is 119 Å². The summed E-state index contributed by atoms with van der Waals surface area (Å²) in [5, 5.41) is 9.28. The summed E-state index contributed by atoms with van der Waals surface area (Å²) in [5.74, 6) is 1.04. The van der Waals surface area contributed by atoms with Crippen LogP contribution in [0.25, 0.3) is 0 Å². The van der Waals surface area contributed by atoms with Gasteiger partial charge in [0.2, 0.25) is 10.0 Å². The molecular formula is C13H18ClNO3S. The number of rotatable bonds is 5. The highest BCUT2D eigenvalue weighted by atomic mass is 35.5. The van der Waals surface area contributed by atoms with Gasteiger partial charge in [-0.2, -0.15) is 0 Å². The first kappa shape index (κ1) is 14.8. The van der Waals surface area contributed by atoms with E-state index in [-0.39, 0.29) is 16.5 Å². The minimum Gasteiger partial charge on any atom is -0.392 e. The molecule has 1 aliphatic rings. The molecule has 1 saturated carbocycles. The topological polar surface area (TPSA) is 57.6 Å². The van der Waals surface area contributed by atoms with E-state index in [0.29, 0.717) is 23.9 Å². The summed E-state index contributed by atoms with van der Waals surface area (Å²) in [6.45, 7) is 2.43. The smallest absolute Gasteiger partial charge is 0.244 e. The molecule has 2 atom stereocenters. The van der Waals surface area contributed by atoms with E-state index in [2.05, 4.69) is 6.92 Å². The van der Waals surface area contributed by atoms with Gasteiger partial charge in [0, 0.05) is 13.6 Å². The predicted octanol–water partition coefficient (Wildman–Crippen LogP) is 2.11. The first-order valence-corrected chi connectivity index (χ1v) is 8.03. The molecule has 4 nitrogen and oxygen atoms in total. The molecule has 0 bridgehead atoms. The number of halogens is 1. The molecule has 6 heteroatoms. The van der Waals surface area contributed by atoms with Gasteiger partial charge >= 0.3 is 0 Å². The lowest BCUT2D eigenvalue weighted by molar-refractivity contribution is 0.281. The van der Waals surface area contributed by atoms with Crippen LogP contribution in [0.1, 0.15) is 18.9 Å². The van der Waals surface area contributed by atoms with Crippen molar-refractivity contribution in [3.8, 4) is 0 Å². The van der Waals surface area contributed by atoms with E-state index in [4.69, 9.17) is 16.7 Å². The number of hydrogen-bond acceptors (Lipinski definition) is 3. The number of aliphatic hydroxyl groups excluding tert-OH is 1. The quantitative estimate of drug-likeness (QED) is 0.906. The summed E-state index contributed by atoms with van der Waals surface area (Å²) < 4.78 is 26.3. The SMILES string of the molecule is CC1CC1CN(C)S(=O)(=O)c1cc(CO)ccc1Cl. The molecule has 0 spiro atoms. The van der Waals surface area contributed by atoms with Gasteiger partial charge in [-0.15, -0.1) is 0 Å². The van der Waals surface area contributed by atoms with Crippen molar-refractivity contribution < 1.29 is 13.5 Å². The Morgan fingerprint density at radius 1 is 1.47 bits per heavy atom. The van der Waals surface area contributed by atoms with Crippen molar-refractivity contribution in [1.82, 2.24) is 4.31 Å². The van der Waals surface area contributed by atoms with E-state index in [1.54, 1.807) is 13.1 Å². The zero-order valence-corrected chi connectivity index (χ0v) is 12.6. The number of aliphatic hydroxyl groups is 1. The van der Waals surface area contributed by atoms with Crippen LogP contribution in [0.5, 0.6) is 0 Å². The molecule has 2 rings (SSSR count). The Hall–Kier alpha value is -0.620. The normalized spacial score (nSPS) is 22.8. The Morgan fingerprint density at radius 2 is 2.11 bits per heavy atom. The van der Waals surface area contributed by atoms with Crippen molar-refractivity contribution in [2.24, 2.45) is 11.8 Å². The van der Waals surface area contributed by atoms with Gasteiger partial charge in [0.15, 0.2) is 0 Å². The summed E-state index contributed by atoms with van der Waals surface area (Å²) in [7, 11) is -2.02. The first-order valence-electron chi connectivity index (χ1n) is 6.22. The molecule has 2 unspecified atom stereocenters. The van der Waals surface area contributed by atoms with Crippen molar-refractivity contribution in [2.75, 3.05) is 13.6 Å². The van der Waals surface area contributed by atoms with Gasteiger partial charge in [-0.1, -0.05) is 24.6 Å². The van der Waals surface area contributed by atoms with Crippen LogP contribution in [-0.2, 0) is 16.6 Å². The zero-order valence-electron chi connectivity index (χ0n) is 11.0. The van der Waals surface area contributed by atoms with E-state index in [9.17, 15) is 8.42 Å². The molecule has 19 heavy (non-hydrogen) atoms. The highest BCUT2D eigenvalue weighted by Gasteiger charge is 2.36. The van der Waals surface area contributed by atoms with Gasteiger partial charge in [-0.05, 0) is 36.0 Å². The van der Waals surface area contributed by atoms with Crippen LogP contribution in [0.3, 0.4) is 0 Å². The number of hydrogen-bond donors (Lipinski definition) is 1. The predicted molar refractivity (Wildman–Crippen MR) is 74.5 cm³/mol. The molecule has 1 aromatic rings. The summed E-state index contributed by atoms with van der Waals surface area (Å²) >= 11 is 5.98. The molecule has 0 amide bonds. The second-order valence-corrected chi connectivity index (χ2v) is 7.60. The average molecular weight is 304 g/mol. The van der Waals surface area contributed by atoms with Crippen LogP contribution in [0, 0.1) is 11.8 Å². The maximum absolute atomic E-state index is 12.5. The van der Waals surface area contributed by atoms with Crippen molar-refractivity contribution >= 4 is 21.6 Å². The van der Waals surface area contributed by atoms with Gasteiger partial charge < -0.3 is 5.11 Å². The molecule has 1 fully saturated rings. The molecule has 106 valence electrons. The lowest BCUT2D eigenvalue weighted by Gasteiger charge is -2.18. The Morgan fingerprint density at radius 3 is 2.63 bits per heavy atom. The minimum absolute atomic E-state index is 0.0662. The molecule has 0 aliphatic heterocycles. The maximum Gasteiger partial charge on any atom is 0.244 e. The van der Waals surface area contributed by atoms with E-state index >= 15 is 0 Å². The van der Waals surface area contributed by atoms with Gasteiger partial charge in [-0.25, -0.2) is 12.7 Å². The van der Waals surface area contributed by atoms with Crippen molar-refractivity contribution in [1.29, 1.82) is 0 Å². The second-order valence-electron chi connectivity index (χ2n) is 5.18. The van der Waals surface area contributed by atoms with Crippen LogP contribution in [0.2, 0.25) is 5.02 Å². The summed E-state index contributed by atoms with van der Waals surface area (Å²) in [4.78, 5) is 0.0662. The average Bonchev–Trinajstić information content (AvgIpc) is 3.05. The van der Waals surface area contributed by atoms with Crippen LogP contribution in [0.4, 0.5) is 0 Å². The number of benzene rings is 1. The van der Waals surface area contributed by atoms with Gasteiger partial charge in [-0.3, -0.25) is 0 Å². The lowest BCUT2D eigenvalue weighted by atomic mass is 10.2. The van der Waals surface area contributed by atoms with E-state index in [0.717, 1.165) is 6.42 Å². The molecule has 0 heterocycles. The van der Waals surface area contributed by atoms with Crippen molar-refractivity contribution in [3.63, 3.8) is 0 Å². The van der Waals surface area contributed by atoms with Gasteiger partial charge in [0.05, 0.1) is 11.6 Å². The monoisotopic (exact) mass is 303 g/mol. The van der Waals surface area contributed by atoms with E-state index in [1.807, 2.05) is 0 Å². The van der Waals surface area contributed by atoms with E-state index < -0.39 is 10.0 Å². The Kier molecular flexibility index (Phi) is 4.20. The molecule has 0 radical (unpaired) electrons. The third-order valence-electron chi connectivity index (χ3n) is 3.63. The Balaban J connectivity index is 2.27. The standard InChI is InChI=1S/C13H18ClNO3S/c1-9-5-11(9)7-15(2)19(17,18)13-6-10(8-16)3-4-12(13)14/h3-4,6,9,11,16H,5,7-8H2,1-2H3. The van der Waals surface area contributed by atoms with Crippen LogP contribution < -0.4 is 0 Å². The molecule has 0 aromatic heterocycles. The van der Waals surface area contributed by atoms with Crippen LogP contribution in [0.15, 0.2) is 23.1 Å². The van der Waals surface area contributed by atoms with Crippen LogP contribution >= 0.6 is 11.6 Å². The fourth-order valence-corrected chi connectivity index (χ4v) is 3.84. The largest absolute Gasteiger partial charge is 0.392 e. The summed E-state index contributed by atoms with van der Waals surface area (Å²) in [6.07, 6.45) is 1.07. The molecular weight excluding hydrogens is 286 g/mol. The fourth-order valence-electron chi connectivity index (χ4n) is 2.09. The number of nitrogens with zero attached hydrogens (tertiary/aromatic N) is 1. The molecule has 1 aliphatic carbocycles. The molecule has 0 saturated heterocycles. The number of sulfonamides is 1. The Bertz CT molecular complexity index is 573. The lowest BCUT2D eigenvalue weighted by Crippen LogP contribution is -2.29. The third kappa shape index (κ3) is 3.11. The van der Waals surface area contributed by atoms with Crippen molar-refractivity contribution in [3.05, 3.63) is 28.8 Å². The highest BCUT2D eigenvalue weighted by Crippen LogP contribution is 2.39. The van der Waals surface area contributed by atoms with Crippen LogP contribution in [-0.4, -0.2) is 31.4 Å². The summed E-state index contributed by atoms with van der Waals surface area (Å²) in [6, 6.07) is 4.56. The highest BCUT2D eigenvalue weighted by molar-refractivity contribution is 7.89. The fraction of sp³-hybridized carbons (Fsp3) is 0.538. The maximum atomic E-state index is 12.5. The first-order chi connectivity index (χ1) is 8.86. The molecule has 1 aromatic carbocycles. The van der Waals surface area contributed by atoms with Crippen molar-refractivity contribution in [2.45, 2.75) is 24.8 Å². The van der Waals surface area contributed by atoms with E-state index in [1.165, 1.54) is 16.4 Å². The zero-order chi connectivity index (χ0) is 14.2.